The van der Waals surface area contributed by atoms with Crippen molar-refractivity contribution in [1.82, 2.24) is 14.8 Å². The van der Waals surface area contributed by atoms with Gasteiger partial charge >= 0.3 is 0 Å². The number of benzene rings is 1. The Kier molecular flexibility index (Phi) is 3.46. The Morgan fingerprint density at radius 1 is 1.15 bits per heavy atom. The van der Waals surface area contributed by atoms with Gasteiger partial charge in [0, 0.05) is 27.3 Å². The molecule has 4 nitrogen and oxygen atoms in total. The molecule has 0 unspecified atom stereocenters. The van der Waals surface area contributed by atoms with Crippen LogP contribution < -0.4 is 5.73 Å². The van der Waals surface area contributed by atoms with Gasteiger partial charge in [0.1, 0.15) is 5.82 Å². The zero-order valence-corrected chi connectivity index (χ0v) is 12.6. The molecule has 0 aliphatic carbocycles. The maximum atomic E-state index is 6.00. The van der Waals surface area contributed by atoms with E-state index in [1.807, 2.05) is 36.4 Å². The fourth-order valence-electron chi connectivity index (χ4n) is 1.86. The summed E-state index contributed by atoms with van der Waals surface area (Å²) in [5, 5.41) is 5.14. The molecular weight excluding hydrogens is 340 g/mol. The first-order valence-corrected chi connectivity index (χ1v) is 7.04. The number of halogens is 2. The lowest BCUT2D eigenvalue weighted by atomic mass is 10.1. The second kappa shape index (κ2) is 5.26. The topological polar surface area (TPSA) is 56.7 Å². The van der Waals surface area contributed by atoms with Crippen molar-refractivity contribution in [2.75, 3.05) is 5.73 Å². The number of pyridine rings is 1. The number of nitrogen functional groups attached to an aromatic ring is 1. The van der Waals surface area contributed by atoms with E-state index in [-0.39, 0.29) is 0 Å². The van der Waals surface area contributed by atoms with E-state index in [1.165, 1.54) is 0 Å². The fraction of sp³-hybridized carbons (Fsp3) is 0. The minimum Gasteiger partial charge on any atom is -0.384 e. The maximum Gasteiger partial charge on any atom is 0.155 e. The molecule has 0 radical (unpaired) electrons. The molecule has 1 aromatic carbocycles. The smallest absolute Gasteiger partial charge is 0.155 e. The summed E-state index contributed by atoms with van der Waals surface area (Å²) < 4.78 is 2.50. The SMILES string of the molecule is Nc1cc(-c2cccc(Cl)c2)nn1-c1ccc(Br)cn1. The van der Waals surface area contributed by atoms with Crippen molar-refractivity contribution in [2.24, 2.45) is 0 Å². The van der Waals surface area contributed by atoms with Crippen molar-refractivity contribution in [3.63, 3.8) is 0 Å². The highest BCUT2D eigenvalue weighted by atomic mass is 79.9. The van der Waals surface area contributed by atoms with Gasteiger partial charge in [-0.05, 0) is 40.2 Å². The summed E-state index contributed by atoms with van der Waals surface area (Å²) >= 11 is 9.34. The molecule has 20 heavy (non-hydrogen) atoms. The van der Waals surface area contributed by atoms with Gasteiger partial charge in [-0.15, -0.1) is 0 Å². The quantitative estimate of drug-likeness (QED) is 0.762. The van der Waals surface area contributed by atoms with Crippen LogP contribution in [0.4, 0.5) is 5.82 Å². The van der Waals surface area contributed by atoms with Crippen LogP contribution in [0.3, 0.4) is 0 Å². The molecular formula is C14H10BrClN4. The van der Waals surface area contributed by atoms with Crippen molar-refractivity contribution in [2.45, 2.75) is 0 Å². The Morgan fingerprint density at radius 3 is 2.70 bits per heavy atom. The van der Waals surface area contributed by atoms with E-state index in [9.17, 15) is 0 Å². The molecule has 0 atom stereocenters. The van der Waals surface area contributed by atoms with Crippen LogP contribution in [0.25, 0.3) is 17.1 Å². The van der Waals surface area contributed by atoms with Crippen molar-refractivity contribution in [1.29, 1.82) is 0 Å². The summed E-state index contributed by atoms with van der Waals surface area (Å²) in [6, 6.07) is 13.0. The number of hydrogen-bond acceptors (Lipinski definition) is 3. The van der Waals surface area contributed by atoms with E-state index in [0.29, 0.717) is 16.7 Å². The Hall–Kier alpha value is -1.85. The zero-order chi connectivity index (χ0) is 14.1. The predicted octanol–water partition coefficient (Wildman–Crippen LogP) is 3.93. The van der Waals surface area contributed by atoms with E-state index in [0.717, 1.165) is 15.7 Å². The molecule has 0 aliphatic rings. The molecule has 3 aromatic rings. The highest BCUT2D eigenvalue weighted by Gasteiger charge is 2.09. The Morgan fingerprint density at radius 2 is 2.00 bits per heavy atom. The van der Waals surface area contributed by atoms with Gasteiger partial charge in [0.2, 0.25) is 0 Å². The lowest BCUT2D eigenvalue weighted by Gasteiger charge is -2.02. The van der Waals surface area contributed by atoms with Crippen molar-refractivity contribution < 1.29 is 0 Å². The second-order valence-corrected chi connectivity index (χ2v) is 5.56. The van der Waals surface area contributed by atoms with E-state index in [4.69, 9.17) is 17.3 Å². The Bertz CT molecular complexity index is 752. The molecule has 2 heterocycles. The first-order chi connectivity index (χ1) is 9.63. The molecule has 0 saturated carbocycles. The van der Waals surface area contributed by atoms with Gasteiger partial charge in [-0.2, -0.15) is 9.78 Å². The van der Waals surface area contributed by atoms with Crippen LogP contribution in [0.1, 0.15) is 0 Å². The number of aromatic nitrogens is 3. The molecule has 2 N–H and O–H groups in total. The van der Waals surface area contributed by atoms with Gasteiger partial charge in [-0.25, -0.2) is 4.98 Å². The average molecular weight is 350 g/mol. The van der Waals surface area contributed by atoms with Gasteiger partial charge in [0.05, 0.1) is 5.69 Å². The summed E-state index contributed by atoms with van der Waals surface area (Å²) in [4.78, 5) is 4.28. The fourth-order valence-corrected chi connectivity index (χ4v) is 2.29. The van der Waals surface area contributed by atoms with Crippen molar-refractivity contribution in [3.8, 4) is 17.1 Å². The first-order valence-electron chi connectivity index (χ1n) is 5.87. The lowest BCUT2D eigenvalue weighted by molar-refractivity contribution is 0.859. The molecule has 0 aliphatic heterocycles. The predicted molar refractivity (Wildman–Crippen MR) is 83.9 cm³/mol. The molecule has 0 bridgehead atoms. The van der Waals surface area contributed by atoms with Gasteiger partial charge in [0.25, 0.3) is 0 Å². The van der Waals surface area contributed by atoms with E-state index in [1.54, 1.807) is 16.9 Å². The second-order valence-electron chi connectivity index (χ2n) is 4.21. The van der Waals surface area contributed by atoms with Crippen LogP contribution in [-0.4, -0.2) is 14.8 Å². The number of anilines is 1. The van der Waals surface area contributed by atoms with Crippen LogP contribution in [0.5, 0.6) is 0 Å². The molecule has 6 heteroatoms. The number of rotatable bonds is 2. The third kappa shape index (κ3) is 2.55. The molecule has 3 rings (SSSR count). The highest BCUT2D eigenvalue weighted by Crippen LogP contribution is 2.24. The molecule has 0 saturated heterocycles. The third-order valence-electron chi connectivity index (χ3n) is 2.79. The van der Waals surface area contributed by atoms with Gasteiger partial charge in [0.15, 0.2) is 5.82 Å². The minimum atomic E-state index is 0.523. The van der Waals surface area contributed by atoms with Crippen LogP contribution >= 0.6 is 27.5 Å². The van der Waals surface area contributed by atoms with Gasteiger partial charge in [-0.3, -0.25) is 0 Å². The monoisotopic (exact) mass is 348 g/mol. The van der Waals surface area contributed by atoms with Gasteiger partial charge in [-0.1, -0.05) is 23.7 Å². The van der Waals surface area contributed by atoms with Crippen LogP contribution in [0.15, 0.2) is 53.1 Å². The normalized spacial score (nSPS) is 10.7. The van der Waals surface area contributed by atoms with E-state index < -0.39 is 0 Å². The van der Waals surface area contributed by atoms with E-state index in [2.05, 4.69) is 26.0 Å². The minimum absolute atomic E-state index is 0.523. The van der Waals surface area contributed by atoms with Crippen LogP contribution in [0.2, 0.25) is 5.02 Å². The van der Waals surface area contributed by atoms with Crippen molar-refractivity contribution >= 4 is 33.3 Å². The lowest BCUT2D eigenvalue weighted by Crippen LogP contribution is -2.03. The molecule has 2 aromatic heterocycles. The van der Waals surface area contributed by atoms with Crippen molar-refractivity contribution in [3.05, 3.63) is 58.2 Å². The summed E-state index contributed by atoms with van der Waals surface area (Å²) in [5.41, 5.74) is 7.68. The Balaban J connectivity index is 2.05. The first kappa shape index (κ1) is 13.1. The molecule has 0 fully saturated rings. The largest absolute Gasteiger partial charge is 0.384 e. The summed E-state index contributed by atoms with van der Waals surface area (Å²) in [7, 11) is 0. The third-order valence-corrected chi connectivity index (χ3v) is 3.49. The standard InChI is InChI=1S/C14H10BrClN4/c15-10-4-5-14(18-8-10)20-13(17)7-12(19-20)9-2-1-3-11(16)6-9/h1-8H,17H2. The number of nitrogens with zero attached hydrogens (tertiary/aromatic N) is 3. The molecule has 100 valence electrons. The zero-order valence-electron chi connectivity index (χ0n) is 10.3. The highest BCUT2D eigenvalue weighted by molar-refractivity contribution is 9.10. The average Bonchev–Trinajstić information content (AvgIpc) is 2.82. The number of hydrogen-bond donors (Lipinski definition) is 1. The Labute approximate surface area is 129 Å². The molecule has 0 amide bonds. The van der Waals surface area contributed by atoms with E-state index >= 15 is 0 Å². The summed E-state index contributed by atoms with van der Waals surface area (Å²) in [6.45, 7) is 0. The van der Waals surface area contributed by atoms with Crippen LogP contribution in [0, 0.1) is 0 Å². The number of nitrogens with two attached hydrogens (primary N) is 1. The molecule has 0 spiro atoms. The summed E-state index contributed by atoms with van der Waals surface area (Å²) in [5.74, 6) is 1.19. The van der Waals surface area contributed by atoms with Gasteiger partial charge < -0.3 is 5.73 Å². The maximum absolute atomic E-state index is 6.00. The summed E-state index contributed by atoms with van der Waals surface area (Å²) in [6.07, 6.45) is 1.70. The van der Waals surface area contributed by atoms with Crippen LogP contribution in [-0.2, 0) is 0 Å².